The minimum absolute atomic E-state index is 0.377. The van der Waals surface area contributed by atoms with Gasteiger partial charge in [0.15, 0.2) is 0 Å². The van der Waals surface area contributed by atoms with Gasteiger partial charge < -0.3 is 9.47 Å². The molecule has 0 amide bonds. The summed E-state index contributed by atoms with van der Waals surface area (Å²) in [6, 6.07) is 8.05. The lowest BCUT2D eigenvalue weighted by Crippen LogP contribution is -2.17. The highest BCUT2D eigenvalue weighted by Crippen LogP contribution is 2.28. The third-order valence-corrected chi connectivity index (χ3v) is 4.04. The zero-order valence-corrected chi connectivity index (χ0v) is 11.1. The van der Waals surface area contributed by atoms with Crippen LogP contribution in [-0.2, 0) is 11.3 Å². The maximum absolute atomic E-state index is 5.89. The molecular formula is C13H17BrO2. The van der Waals surface area contributed by atoms with Gasteiger partial charge in [0.1, 0.15) is 5.75 Å². The van der Waals surface area contributed by atoms with Crippen LogP contribution in [0.5, 0.6) is 5.75 Å². The van der Waals surface area contributed by atoms with Crippen LogP contribution in [0.25, 0.3) is 0 Å². The fourth-order valence-corrected chi connectivity index (χ4v) is 2.73. The normalized spacial score (nSPS) is 24.6. The Labute approximate surface area is 105 Å². The third kappa shape index (κ3) is 2.98. The molecule has 0 bridgehead atoms. The number of rotatable bonds is 4. The van der Waals surface area contributed by atoms with Crippen molar-refractivity contribution >= 4 is 15.9 Å². The number of halogens is 1. The standard InChI is InChI=1S/C13H17BrO2/c1-15-11-7-5-10(6-8-11)9-16-13-4-2-3-12(13)14/h5-8,12-13H,2-4,9H2,1H3. The molecule has 1 aromatic rings. The van der Waals surface area contributed by atoms with Gasteiger partial charge in [-0.2, -0.15) is 0 Å². The summed E-state index contributed by atoms with van der Waals surface area (Å²) in [7, 11) is 1.68. The van der Waals surface area contributed by atoms with E-state index in [2.05, 4.69) is 28.1 Å². The molecule has 2 rings (SSSR count). The zero-order chi connectivity index (χ0) is 11.4. The molecule has 1 aliphatic carbocycles. The SMILES string of the molecule is COc1ccc(COC2CCCC2Br)cc1. The summed E-state index contributed by atoms with van der Waals surface area (Å²) in [6.45, 7) is 0.691. The van der Waals surface area contributed by atoms with Crippen LogP contribution in [0.4, 0.5) is 0 Å². The molecule has 3 heteroatoms. The van der Waals surface area contributed by atoms with Gasteiger partial charge in [-0.25, -0.2) is 0 Å². The van der Waals surface area contributed by atoms with Crippen molar-refractivity contribution in [3.05, 3.63) is 29.8 Å². The smallest absolute Gasteiger partial charge is 0.118 e. The molecule has 0 radical (unpaired) electrons. The van der Waals surface area contributed by atoms with Gasteiger partial charge in [-0.15, -0.1) is 0 Å². The Morgan fingerprint density at radius 2 is 2.00 bits per heavy atom. The molecule has 2 atom stereocenters. The maximum atomic E-state index is 5.89. The molecule has 88 valence electrons. The molecule has 1 saturated carbocycles. The lowest BCUT2D eigenvalue weighted by atomic mass is 10.2. The van der Waals surface area contributed by atoms with Crippen molar-refractivity contribution in [3.8, 4) is 5.75 Å². The fraction of sp³-hybridized carbons (Fsp3) is 0.538. The summed E-state index contributed by atoms with van der Waals surface area (Å²) in [5.74, 6) is 0.892. The predicted molar refractivity (Wildman–Crippen MR) is 68.1 cm³/mol. The molecule has 0 aliphatic heterocycles. The molecule has 2 unspecified atom stereocenters. The van der Waals surface area contributed by atoms with Crippen LogP contribution in [0.3, 0.4) is 0 Å². The van der Waals surface area contributed by atoms with Crippen molar-refractivity contribution in [3.63, 3.8) is 0 Å². The van der Waals surface area contributed by atoms with Crippen LogP contribution >= 0.6 is 15.9 Å². The van der Waals surface area contributed by atoms with Crippen LogP contribution in [0, 0.1) is 0 Å². The van der Waals surface area contributed by atoms with Crippen LogP contribution in [0.1, 0.15) is 24.8 Å². The van der Waals surface area contributed by atoms with Crippen LogP contribution in [0.2, 0.25) is 0 Å². The monoisotopic (exact) mass is 284 g/mol. The Balaban J connectivity index is 1.84. The minimum atomic E-state index is 0.377. The Kier molecular flexibility index (Phi) is 4.24. The van der Waals surface area contributed by atoms with Crippen molar-refractivity contribution in [1.29, 1.82) is 0 Å². The maximum Gasteiger partial charge on any atom is 0.118 e. The lowest BCUT2D eigenvalue weighted by Gasteiger charge is -2.15. The van der Waals surface area contributed by atoms with Crippen molar-refractivity contribution in [2.45, 2.75) is 36.8 Å². The molecule has 0 heterocycles. The minimum Gasteiger partial charge on any atom is -0.497 e. The number of hydrogen-bond donors (Lipinski definition) is 0. The van der Waals surface area contributed by atoms with Crippen LogP contribution in [0.15, 0.2) is 24.3 Å². The van der Waals surface area contributed by atoms with Gasteiger partial charge in [0.05, 0.1) is 19.8 Å². The topological polar surface area (TPSA) is 18.5 Å². The first kappa shape index (κ1) is 11.9. The Bertz CT molecular complexity index is 323. The van der Waals surface area contributed by atoms with E-state index in [1.54, 1.807) is 7.11 Å². The van der Waals surface area contributed by atoms with Crippen molar-refractivity contribution in [1.82, 2.24) is 0 Å². The Hall–Kier alpha value is -0.540. The van der Waals surface area contributed by atoms with E-state index in [1.165, 1.54) is 24.8 Å². The second-order valence-electron chi connectivity index (χ2n) is 4.14. The number of methoxy groups -OCH3 is 1. The Morgan fingerprint density at radius 3 is 2.56 bits per heavy atom. The molecule has 0 aromatic heterocycles. The molecule has 0 saturated heterocycles. The summed E-state index contributed by atoms with van der Waals surface area (Å²) < 4.78 is 11.0. The van der Waals surface area contributed by atoms with Crippen LogP contribution in [-0.4, -0.2) is 18.0 Å². The van der Waals surface area contributed by atoms with Crippen molar-refractivity contribution in [2.24, 2.45) is 0 Å². The molecule has 0 N–H and O–H groups in total. The first-order valence-electron chi connectivity index (χ1n) is 5.68. The van der Waals surface area contributed by atoms with E-state index in [4.69, 9.17) is 9.47 Å². The van der Waals surface area contributed by atoms with E-state index >= 15 is 0 Å². The zero-order valence-electron chi connectivity index (χ0n) is 9.49. The van der Waals surface area contributed by atoms with Gasteiger partial charge in [-0.05, 0) is 37.0 Å². The molecule has 1 aromatic carbocycles. The highest BCUT2D eigenvalue weighted by atomic mass is 79.9. The van der Waals surface area contributed by atoms with Gasteiger partial charge >= 0.3 is 0 Å². The highest BCUT2D eigenvalue weighted by Gasteiger charge is 2.25. The van der Waals surface area contributed by atoms with E-state index in [1.807, 2.05) is 12.1 Å². The summed E-state index contributed by atoms with van der Waals surface area (Å²) in [5, 5.41) is 0. The van der Waals surface area contributed by atoms with Crippen molar-refractivity contribution < 1.29 is 9.47 Å². The number of alkyl halides is 1. The molecule has 0 spiro atoms. The van der Waals surface area contributed by atoms with Gasteiger partial charge in [0.2, 0.25) is 0 Å². The first-order chi connectivity index (χ1) is 7.79. The van der Waals surface area contributed by atoms with Gasteiger partial charge in [-0.3, -0.25) is 0 Å². The quantitative estimate of drug-likeness (QED) is 0.788. The van der Waals surface area contributed by atoms with Crippen LogP contribution < -0.4 is 4.74 Å². The van der Waals surface area contributed by atoms with E-state index in [9.17, 15) is 0 Å². The summed E-state index contributed by atoms with van der Waals surface area (Å²) in [5.41, 5.74) is 1.20. The molecule has 2 nitrogen and oxygen atoms in total. The van der Waals surface area contributed by atoms with E-state index < -0.39 is 0 Å². The third-order valence-electron chi connectivity index (χ3n) is 3.00. The largest absolute Gasteiger partial charge is 0.497 e. The van der Waals surface area contributed by atoms with E-state index in [0.29, 0.717) is 17.5 Å². The fourth-order valence-electron chi connectivity index (χ4n) is 1.99. The van der Waals surface area contributed by atoms with E-state index in [-0.39, 0.29) is 0 Å². The average Bonchev–Trinajstić information content (AvgIpc) is 2.73. The predicted octanol–water partition coefficient (Wildman–Crippen LogP) is 3.53. The summed E-state index contributed by atoms with van der Waals surface area (Å²) >= 11 is 3.66. The summed E-state index contributed by atoms with van der Waals surface area (Å²) in [4.78, 5) is 0.533. The van der Waals surface area contributed by atoms with Gasteiger partial charge in [-0.1, -0.05) is 28.1 Å². The molecular weight excluding hydrogens is 268 g/mol. The second-order valence-corrected chi connectivity index (χ2v) is 5.32. The summed E-state index contributed by atoms with van der Waals surface area (Å²) in [6.07, 6.45) is 4.05. The lowest BCUT2D eigenvalue weighted by molar-refractivity contribution is 0.0500. The van der Waals surface area contributed by atoms with Crippen molar-refractivity contribution in [2.75, 3.05) is 7.11 Å². The van der Waals surface area contributed by atoms with E-state index in [0.717, 1.165) is 5.75 Å². The number of benzene rings is 1. The number of ether oxygens (including phenoxy) is 2. The Morgan fingerprint density at radius 1 is 1.25 bits per heavy atom. The molecule has 16 heavy (non-hydrogen) atoms. The highest BCUT2D eigenvalue weighted by molar-refractivity contribution is 9.09. The first-order valence-corrected chi connectivity index (χ1v) is 6.60. The molecule has 1 fully saturated rings. The molecule has 1 aliphatic rings. The second kappa shape index (κ2) is 5.69. The van der Waals surface area contributed by atoms with Gasteiger partial charge in [0, 0.05) is 4.83 Å². The average molecular weight is 285 g/mol. The van der Waals surface area contributed by atoms with Gasteiger partial charge in [0.25, 0.3) is 0 Å². The number of hydrogen-bond acceptors (Lipinski definition) is 2.